The molecule has 1 aliphatic rings. The molecule has 19 heavy (non-hydrogen) atoms. The van der Waals surface area contributed by atoms with Crippen LogP contribution in [0.25, 0.3) is 11.5 Å². The van der Waals surface area contributed by atoms with Gasteiger partial charge in [-0.15, -0.1) is 5.10 Å². The minimum Gasteiger partial charge on any atom is -0.340 e. The highest BCUT2D eigenvalue weighted by atomic mass is 15.4. The highest BCUT2D eigenvalue weighted by Crippen LogP contribution is 2.21. The fourth-order valence-electron chi connectivity index (χ4n) is 2.48. The first kappa shape index (κ1) is 12.2. The van der Waals surface area contributed by atoms with Gasteiger partial charge in [0, 0.05) is 26.3 Å². The van der Waals surface area contributed by atoms with Crippen molar-refractivity contribution in [1.29, 1.82) is 0 Å². The van der Waals surface area contributed by atoms with Crippen LogP contribution in [0.5, 0.6) is 0 Å². The molecule has 1 fully saturated rings. The Morgan fingerprint density at radius 1 is 1.42 bits per heavy atom. The van der Waals surface area contributed by atoms with Gasteiger partial charge >= 0.3 is 0 Å². The summed E-state index contributed by atoms with van der Waals surface area (Å²) in [6, 6.07) is 1.92. The predicted molar refractivity (Wildman–Crippen MR) is 72.6 cm³/mol. The third kappa shape index (κ3) is 2.33. The van der Waals surface area contributed by atoms with E-state index < -0.39 is 0 Å². The van der Waals surface area contributed by atoms with Gasteiger partial charge in [-0.25, -0.2) is 0 Å². The largest absolute Gasteiger partial charge is 0.340 e. The third-order valence-electron chi connectivity index (χ3n) is 3.77. The summed E-state index contributed by atoms with van der Waals surface area (Å²) in [5.74, 6) is 2.18. The van der Waals surface area contributed by atoms with Gasteiger partial charge in [-0.3, -0.25) is 9.78 Å². The molecule has 0 saturated carbocycles. The van der Waals surface area contributed by atoms with Crippen LogP contribution in [0.15, 0.2) is 12.3 Å². The molecular formula is C12H19N7. The normalized spacial score (nSPS) is 17.1. The zero-order valence-corrected chi connectivity index (χ0v) is 11.1. The standard InChI is InChI=1S/C12H19N7/c1-18-10(2-5-14-18)11-15-12(17-16-11)19-6-3-9(8-13)4-7-19/h2,5,9H,3-4,6-8,13H2,1H3,(H,15,16,17). The summed E-state index contributed by atoms with van der Waals surface area (Å²) in [4.78, 5) is 6.77. The first-order valence-electron chi connectivity index (χ1n) is 6.63. The molecule has 7 nitrogen and oxygen atoms in total. The van der Waals surface area contributed by atoms with E-state index in [1.54, 1.807) is 10.9 Å². The van der Waals surface area contributed by atoms with Gasteiger partial charge in [0.25, 0.3) is 0 Å². The summed E-state index contributed by atoms with van der Waals surface area (Å²) in [5.41, 5.74) is 6.65. The molecular weight excluding hydrogens is 242 g/mol. The van der Waals surface area contributed by atoms with Crippen molar-refractivity contribution in [3.8, 4) is 11.5 Å². The Bertz CT molecular complexity index is 536. The van der Waals surface area contributed by atoms with Gasteiger partial charge in [-0.1, -0.05) is 0 Å². The van der Waals surface area contributed by atoms with Crippen LogP contribution < -0.4 is 10.6 Å². The molecule has 102 valence electrons. The highest BCUT2D eigenvalue weighted by Gasteiger charge is 2.21. The summed E-state index contributed by atoms with van der Waals surface area (Å²) in [5, 5.41) is 11.4. The minimum absolute atomic E-state index is 0.645. The molecule has 7 heteroatoms. The molecule has 0 radical (unpaired) electrons. The van der Waals surface area contributed by atoms with Crippen LogP contribution in [0.3, 0.4) is 0 Å². The second-order valence-electron chi connectivity index (χ2n) is 4.99. The van der Waals surface area contributed by atoms with E-state index in [4.69, 9.17) is 5.73 Å². The number of nitrogens with one attached hydrogen (secondary N) is 1. The third-order valence-corrected chi connectivity index (χ3v) is 3.77. The lowest BCUT2D eigenvalue weighted by molar-refractivity contribution is 0.411. The van der Waals surface area contributed by atoms with Crippen LogP contribution in [0, 0.1) is 5.92 Å². The molecule has 2 aromatic heterocycles. The van der Waals surface area contributed by atoms with Gasteiger partial charge in [0.2, 0.25) is 5.95 Å². The Morgan fingerprint density at radius 2 is 2.21 bits per heavy atom. The second kappa shape index (κ2) is 5.00. The van der Waals surface area contributed by atoms with Crippen molar-refractivity contribution in [2.75, 3.05) is 24.5 Å². The highest BCUT2D eigenvalue weighted by molar-refractivity contribution is 5.51. The van der Waals surface area contributed by atoms with Gasteiger partial charge in [0.1, 0.15) is 5.69 Å². The number of hydrogen-bond acceptors (Lipinski definition) is 5. The van der Waals surface area contributed by atoms with E-state index in [-0.39, 0.29) is 0 Å². The zero-order valence-electron chi connectivity index (χ0n) is 11.1. The van der Waals surface area contributed by atoms with Crippen LogP contribution >= 0.6 is 0 Å². The minimum atomic E-state index is 0.645. The number of piperidine rings is 1. The van der Waals surface area contributed by atoms with E-state index in [0.717, 1.165) is 49.9 Å². The van der Waals surface area contributed by atoms with E-state index in [1.807, 2.05) is 13.1 Å². The van der Waals surface area contributed by atoms with Gasteiger partial charge in [-0.2, -0.15) is 10.1 Å². The topological polar surface area (TPSA) is 88.7 Å². The molecule has 0 amide bonds. The molecule has 3 heterocycles. The molecule has 1 aliphatic heterocycles. The number of rotatable bonds is 3. The molecule has 0 spiro atoms. The number of hydrogen-bond donors (Lipinski definition) is 2. The molecule has 0 unspecified atom stereocenters. The molecule has 0 atom stereocenters. The molecule has 2 aromatic rings. The van der Waals surface area contributed by atoms with Crippen molar-refractivity contribution < 1.29 is 0 Å². The first-order valence-corrected chi connectivity index (χ1v) is 6.63. The van der Waals surface area contributed by atoms with E-state index in [9.17, 15) is 0 Å². The summed E-state index contributed by atoms with van der Waals surface area (Å²) in [6.07, 6.45) is 3.99. The van der Waals surface area contributed by atoms with Crippen molar-refractivity contribution >= 4 is 5.95 Å². The Labute approximate surface area is 111 Å². The second-order valence-corrected chi connectivity index (χ2v) is 4.99. The summed E-state index contributed by atoms with van der Waals surface area (Å²) in [7, 11) is 1.89. The van der Waals surface area contributed by atoms with E-state index in [0.29, 0.717) is 5.92 Å². The first-order chi connectivity index (χ1) is 9.28. The van der Waals surface area contributed by atoms with Gasteiger partial charge < -0.3 is 10.6 Å². The maximum Gasteiger partial charge on any atom is 0.245 e. The van der Waals surface area contributed by atoms with Gasteiger partial charge in [-0.05, 0) is 31.4 Å². The summed E-state index contributed by atoms with van der Waals surface area (Å²) in [6.45, 7) is 2.73. The Kier molecular flexibility index (Phi) is 3.20. The SMILES string of the molecule is Cn1nccc1-c1nc(N2CCC(CN)CC2)n[nH]1. The Balaban J connectivity index is 1.74. The fraction of sp³-hybridized carbons (Fsp3) is 0.583. The molecule has 0 bridgehead atoms. The van der Waals surface area contributed by atoms with Crippen LogP contribution in [0.2, 0.25) is 0 Å². The lowest BCUT2D eigenvalue weighted by Gasteiger charge is -2.30. The number of aromatic amines is 1. The summed E-state index contributed by atoms with van der Waals surface area (Å²) < 4.78 is 1.78. The maximum atomic E-state index is 5.71. The van der Waals surface area contributed by atoms with E-state index in [1.165, 1.54) is 0 Å². The molecule has 0 aromatic carbocycles. The van der Waals surface area contributed by atoms with Crippen LogP contribution in [-0.4, -0.2) is 44.6 Å². The molecule has 1 saturated heterocycles. The number of nitrogens with zero attached hydrogens (tertiary/aromatic N) is 5. The summed E-state index contributed by atoms with van der Waals surface area (Å²) >= 11 is 0. The van der Waals surface area contributed by atoms with Crippen molar-refractivity contribution in [2.45, 2.75) is 12.8 Å². The molecule has 3 rings (SSSR count). The Morgan fingerprint density at radius 3 is 2.84 bits per heavy atom. The van der Waals surface area contributed by atoms with Gasteiger partial charge in [0.05, 0.1) is 0 Å². The number of aromatic nitrogens is 5. The van der Waals surface area contributed by atoms with Crippen LogP contribution in [0.1, 0.15) is 12.8 Å². The number of H-pyrrole nitrogens is 1. The lowest BCUT2D eigenvalue weighted by atomic mass is 9.97. The van der Waals surface area contributed by atoms with Crippen LogP contribution in [-0.2, 0) is 7.05 Å². The van der Waals surface area contributed by atoms with E-state index in [2.05, 4.69) is 25.2 Å². The molecule has 3 N–H and O–H groups in total. The number of aryl methyl sites for hydroxylation is 1. The van der Waals surface area contributed by atoms with Crippen molar-refractivity contribution in [3.63, 3.8) is 0 Å². The average Bonchev–Trinajstić information content (AvgIpc) is 3.07. The molecule has 0 aliphatic carbocycles. The number of nitrogens with two attached hydrogens (primary N) is 1. The maximum absolute atomic E-state index is 5.71. The van der Waals surface area contributed by atoms with Crippen LogP contribution in [0.4, 0.5) is 5.95 Å². The van der Waals surface area contributed by atoms with Crippen molar-refractivity contribution in [3.05, 3.63) is 12.3 Å². The van der Waals surface area contributed by atoms with Gasteiger partial charge in [0.15, 0.2) is 5.82 Å². The fourth-order valence-corrected chi connectivity index (χ4v) is 2.48. The van der Waals surface area contributed by atoms with Crippen molar-refractivity contribution in [1.82, 2.24) is 25.0 Å². The smallest absolute Gasteiger partial charge is 0.245 e. The lowest BCUT2D eigenvalue weighted by Crippen LogP contribution is -2.36. The number of anilines is 1. The average molecular weight is 261 g/mol. The van der Waals surface area contributed by atoms with Crippen molar-refractivity contribution in [2.24, 2.45) is 18.7 Å². The Hall–Kier alpha value is -1.89. The zero-order chi connectivity index (χ0) is 13.2. The predicted octanol–water partition coefficient (Wildman–Crippen LogP) is 0.380. The van der Waals surface area contributed by atoms with E-state index >= 15 is 0 Å². The monoisotopic (exact) mass is 261 g/mol. The quantitative estimate of drug-likeness (QED) is 0.834.